The van der Waals surface area contributed by atoms with Crippen molar-refractivity contribution in [2.24, 2.45) is 0 Å². The van der Waals surface area contributed by atoms with Crippen LogP contribution >= 0.6 is 11.6 Å². The smallest absolute Gasteiger partial charge is 0.269 e. The van der Waals surface area contributed by atoms with E-state index in [1.54, 1.807) is 24.3 Å². The number of hydrogen-bond donors (Lipinski definition) is 3. The largest absolute Gasteiger partial charge is 0.437 e. The summed E-state index contributed by atoms with van der Waals surface area (Å²) in [6.45, 7) is 4.24. The van der Waals surface area contributed by atoms with Gasteiger partial charge < -0.3 is 10.5 Å². The number of hydrogen-bond acceptors (Lipinski definition) is 6. The summed E-state index contributed by atoms with van der Waals surface area (Å²) in [5.41, 5.74) is 13.1. The molecule has 0 unspecified atom stereocenters. The number of amides is 1. The number of anilines is 2. The van der Waals surface area contributed by atoms with Crippen LogP contribution < -0.4 is 21.3 Å². The summed E-state index contributed by atoms with van der Waals surface area (Å²) in [4.78, 5) is 20.3. The number of nitrogens with two attached hydrogens (primary N) is 1. The van der Waals surface area contributed by atoms with Gasteiger partial charge in [-0.15, -0.1) is 0 Å². The van der Waals surface area contributed by atoms with E-state index < -0.39 is 0 Å². The van der Waals surface area contributed by atoms with Gasteiger partial charge in [-0.2, -0.15) is 4.98 Å². The van der Waals surface area contributed by atoms with Crippen molar-refractivity contribution in [2.75, 3.05) is 11.2 Å². The van der Waals surface area contributed by atoms with Crippen LogP contribution in [0, 0.1) is 0 Å². The topological polar surface area (TPSA) is 102 Å². The fourth-order valence-electron chi connectivity index (χ4n) is 2.38. The number of ether oxygens (including phenoxy) is 1. The quantitative estimate of drug-likeness (QED) is 0.533. The van der Waals surface area contributed by atoms with Gasteiger partial charge in [-0.05, 0) is 47.9 Å². The van der Waals surface area contributed by atoms with E-state index in [0.717, 1.165) is 0 Å². The average molecular weight is 398 g/mol. The molecule has 0 fully saturated rings. The van der Waals surface area contributed by atoms with Crippen LogP contribution in [0.25, 0.3) is 0 Å². The summed E-state index contributed by atoms with van der Waals surface area (Å²) in [6, 6.07) is 14.2. The summed E-state index contributed by atoms with van der Waals surface area (Å²) in [5.74, 6) is 1.09. The molecule has 1 amide bonds. The number of aromatic nitrogens is 2. The molecule has 3 rings (SSSR count). The van der Waals surface area contributed by atoms with Crippen LogP contribution in [0.5, 0.6) is 11.6 Å². The fourth-order valence-corrected chi connectivity index (χ4v) is 2.51. The lowest BCUT2D eigenvalue weighted by molar-refractivity contribution is 0.0962. The van der Waals surface area contributed by atoms with Crippen molar-refractivity contribution in [3.63, 3.8) is 0 Å². The number of carbonyl (C=O) groups is 1. The standard InChI is InChI=1S/C20H20ClN5O2/c1-12(2)13-5-9-16(10-6-13)28-20-17(22)18(23-11-24-20)25-26-19(27)14-3-7-15(21)8-4-14/h3-12H,22H2,1-2H3,(H,26,27)(H,23,24,25). The van der Waals surface area contributed by atoms with E-state index in [1.165, 1.54) is 11.9 Å². The Labute approximate surface area is 167 Å². The van der Waals surface area contributed by atoms with Crippen LogP contribution in [0.4, 0.5) is 11.5 Å². The Morgan fingerprint density at radius 2 is 1.75 bits per heavy atom. The Hall–Kier alpha value is -3.32. The van der Waals surface area contributed by atoms with E-state index in [2.05, 4.69) is 34.7 Å². The minimum Gasteiger partial charge on any atom is -0.437 e. The summed E-state index contributed by atoms with van der Waals surface area (Å²) in [7, 11) is 0. The number of rotatable bonds is 6. The first-order valence-electron chi connectivity index (χ1n) is 8.64. The lowest BCUT2D eigenvalue weighted by atomic mass is 10.0. The molecule has 3 aromatic rings. The number of nitrogen functional groups attached to an aromatic ring is 1. The number of halogens is 1. The predicted molar refractivity (Wildman–Crippen MR) is 110 cm³/mol. The second-order valence-electron chi connectivity index (χ2n) is 6.35. The third-order valence-corrected chi connectivity index (χ3v) is 4.26. The summed E-state index contributed by atoms with van der Waals surface area (Å²) >= 11 is 5.82. The van der Waals surface area contributed by atoms with Crippen LogP contribution in [0.2, 0.25) is 5.02 Å². The van der Waals surface area contributed by atoms with Crippen molar-refractivity contribution in [2.45, 2.75) is 19.8 Å². The Morgan fingerprint density at radius 3 is 2.39 bits per heavy atom. The molecule has 0 radical (unpaired) electrons. The zero-order valence-corrected chi connectivity index (χ0v) is 16.2. The molecule has 1 aromatic heterocycles. The van der Waals surface area contributed by atoms with Crippen molar-refractivity contribution in [1.82, 2.24) is 15.4 Å². The molecule has 0 spiro atoms. The van der Waals surface area contributed by atoms with Crippen molar-refractivity contribution in [1.29, 1.82) is 0 Å². The molecule has 144 valence electrons. The zero-order valence-electron chi connectivity index (χ0n) is 15.4. The van der Waals surface area contributed by atoms with Crippen molar-refractivity contribution in [3.8, 4) is 11.6 Å². The van der Waals surface area contributed by atoms with E-state index in [1.807, 2.05) is 24.3 Å². The molecule has 28 heavy (non-hydrogen) atoms. The van der Waals surface area contributed by atoms with Gasteiger partial charge in [0.2, 0.25) is 5.88 Å². The van der Waals surface area contributed by atoms with Crippen LogP contribution in [0.3, 0.4) is 0 Å². The minimum atomic E-state index is -0.360. The van der Waals surface area contributed by atoms with E-state index in [0.29, 0.717) is 22.3 Å². The maximum absolute atomic E-state index is 12.2. The Morgan fingerprint density at radius 1 is 1.07 bits per heavy atom. The molecule has 0 aliphatic rings. The highest BCUT2D eigenvalue weighted by Gasteiger charge is 2.12. The molecule has 0 aliphatic heterocycles. The number of carbonyl (C=O) groups excluding carboxylic acids is 1. The van der Waals surface area contributed by atoms with Gasteiger partial charge in [0.1, 0.15) is 17.8 Å². The highest BCUT2D eigenvalue weighted by atomic mass is 35.5. The van der Waals surface area contributed by atoms with Gasteiger partial charge >= 0.3 is 0 Å². The molecule has 0 atom stereocenters. The normalized spacial score (nSPS) is 10.6. The molecule has 7 nitrogen and oxygen atoms in total. The monoisotopic (exact) mass is 397 g/mol. The number of nitrogens with zero attached hydrogens (tertiary/aromatic N) is 2. The summed E-state index contributed by atoms with van der Waals surface area (Å²) in [6.07, 6.45) is 1.30. The van der Waals surface area contributed by atoms with E-state index in [4.69, 9.17) is 22.1 Å². The third kappa shape index (κ3) is 4.69. The SMILES string of the molecule is CC(C)c1ccc(Oc2ncnc(NNC(=O)c3ccc(Cl)cc3)c2N)cc1. The molecule has 0 saturated carbocycles. The number of benzene rings is 2. The average Bonchev–Trinajstić information content (AvgIpc) is 2.69. The van der Waals surface area contributed by atoms with Crippen LogP contribution in [-0.4, -0.2) is 15.9 Å². The van der Waals surface area contributed by atoms with Gasteiger partial charge in [-0.1, -0.05) is 37.6 Å². The first-order chi connectivity index (χ1) is 13.4. The second-order valence-corrected chi connectivity index (χ2v) is 6.79. The van der Waals surface area contributed by atoms with E-state index in [9.17, 15) is 4.79 Å². The minimum absolute atomic E-state index is 0.173. The molecule has 0 bridgehead atoms. The molecule has 0 saturated heterocycles. The molecule has 2 aromatic carbocycles. The lowest BCUT2D eigenvalue weighted by Gasteiger charge is -2.13. The van der Waals surface area contributed by atoms with E-state index in [-0.39, 0.29) is 23.3 Å². The predicted octanol–water partition coefficient (Wildman–Crippen LogP) is 4.38. The highest BCUT2D eigenvalue weighted by molar-refractivity contribution is 6.30. The van der Waals surface area contributed by atoms with Gasteiger partial charge in [-0.3, -0.25) is 15.6 Å². The number of hydrazine groups is 1. The van der Waals surface area contributed by atoms with Crippen LogP contribution in [-0.2, 0) is 0 Å². The van der Waals surface area contributed by atoms with Gasteiger partial charge in [0.05, 0.1) is 0 Å². The van der Waals surface area contributed by atoms with Crippen molar-refractivity contribution < 1.29 is 9.53 Å². The molecular weight excluding hydrogens is 378 g/mol. The summed E-state index contributed by atoms with van der Waals surface area (Å²) in [5, 5.41) is 0.549. The van der Waals surface area contributed by atoms with Gasteiger partial charge in [0, 0.05) is 10.6 Å². The van der Waals surface area contributed by atoms with Crippen molar-refractivity contribution >= 4 is 29.0 Å². The van der Waals surface area contributed by atoms with Gasteiger partial charge in [0.25, 0.3) is 5.91 Å². The molecule has 8 heteroatoms. The highest BCUT2D eigenvalue weighted by Crippen LogP contribution is 2.29. The second kappa shape index (κ2) is 8.58. The Kier molecular flexibility index (Phi) is 5.96. The fraction of sp³-hybridized carbons (Fsp3) is 0.150. The zero-order chi connectivity index (χ0) is 20.1. The van der Waals surface area contributed by atoms with Crippen molar-refractivity contribution in [3.05, 3.63) is 71.0 Å². The van der Waals surface area contributed by atoms with Crippen LogP contribution in [0.15, 0.2) is 54.9 Å². The Bertz CT molecular complexity index is 959. The Balaban J connectivity index is 1.68. The first kappa shape index (κ1) is 19.4. The van der Waals surface area contributed by atoms with E-state index >= 15 is 0 Å². The maximum Gasteiger partial charge on any atom is 0.269 e. The summed E-state index contributed by atoms with van der Waals surface area (Å²) < 4.78 is 5.75. The van der Waals surface area contributed by atoms with Gasteiger partial charge in [0.15, 0.2) is 5.82 Å². The maximum atomic E-state index is 12.2. The molecule has 0 aliphatic carbocycles. The molecule has 1 heterocycles. The third-order valence-electron chi connectivity index (χ3n) is 4.01. The first-order valence-corrected chi connectivity index (χ1v) is 9.02. The van der Waals surface area contributed by atoms with Crippen LogP contribution in [0.1, 0.15) is 35.7 Å². The number of nitrogens with one attached hydrogen (secondary N) is 2. The molecule has 4 N–H and O–H groups in total. The lowest BCUT2D eigenvalue weighted by Crippen LogP contribution is -2.30. The molecular formula is C20H20ClN5O2. The van der Waals surface area contributed by atoms with Gasteiger partial charge in [-0.25, -0.2) is 4.98 Å².